The van der Waals surface area contributed by atoms with Gasteiger partial charge in [0.15, 0.2) is 5.70 Å². The van der Waals surface area contributed by atoms with Gasteiger partial charge in [0.25, 0.3) is 5.70 Å². The Morgan fingerprint density at radius 2 is 1.65 bits per heavy atom. The molecule has 0 saturated heterocycles. The molecule has 2 aliphatic heterocycles. The summed E-state index contributed by atoms with van der Waals surface area (Å²) in [6.45, 7) is 0. The molecule has 2 rings (SSSR count). The van der Waals surface area contributed by atoms with Crippen molar-refractivity contribution in [1.82, 2.24) is 5.06 Å². The minimum absolute atomic E-state index is 0.0505. The van der Waals surface area contributed by atoms with Crippen LogP contribution >= 0.6 is 0 Å². The number of nitro groups is 2. The van der Waals surface area contributed by atoms with Gasteiger partial charge in [-0.3, -0.25) is 20.2 Å². The molecule has 0 aromatic heterocycles. The zero-order valence-electron chi connectivity index (χ0n) is 9.70. The van der Waals surface area contributed by atoms with Crippen molar-refractivity contribution in [2.45, 2.75) is 0 Å². The molecule has 0 unspecified atom stereocenters. The van der Waals surface area contributed by atoms with Crippen molar-refractivity contribution in [2.24, 2.45) is 0 Å². The number of nitroso groups, excluding NO2 is 1. The molecule has 10 heteroatoms. The number of hydrogen-bond donors (Lipinski definition) is 0. The third-order valence-corrected chi connectivity index (χ3v) is 2.49. The van der Waals surface area contributed by atoms with E-state index in [4.69, 9.17) is 0 Å². The highest BCUT2D eigenvalue weighted by molar-refractivity contribution is 5.42. The summed E-state index contributed by atoms with van der Waals surface area (Å²) in [4.78, 5) is 31.8. The van der Waals surface area contributed by atoms with E-state index in [1.807, 2.05) is 0 Å². The summed E-state index contributed by atoms with van der Waals surface area (Å²) in [7, 11) is 0. The molecule has 0 bridgehead atoms. The maximum Gasteiger partial charge on any atom is 0.369 e. The van der Waals surface area contributed by atoms with E-state index in [0.717, 1.165) is 36.7 Å². The Balaban J connectivity index is 2.73. The predicted octanol–water partition coefficient (Wildman–Crippen LogP) is 1.15. The van der Waals surface area contributed by atoms with Gasteiger partial charge in [-0.15, -0.1) is 0 Å². The van der Waals surface area contributed by atoms with E-state index < -0.39 is 32.6 Å². The van der Waals surface area contributed by atoms with E-state index in [9.17, 15) is 30.3 Å². The van der Waals surface area contributed by atoms with Gasteiger partial charge < -0.3 is 10.3 Å². The van der Waals surface area contributed by atoms with Gasteiger partial charge >= 0.3 is 11.4 Å². The van der Waals surface area contributed by atoms with Gasteiger partial charge in [0.1, 0.15) is 0 Å². The molecule has 10 nitrogen and oxygen atoms in total. The highest BCUT2D eigenvalue weighted by Gasteiger charge is 2.42. The van der Waals surface area contributed by atoms with Crippen molar-refractivity contribution in [3.8, 4) is 0 Å². The van der Waals surface area contributed by atoms with E-state index in [1.54, 1.807) is 0 Å². The molecule has 0 saturated carbocycles. The summed E-state index contributed by atoms with van der Waals surface area (Å²) in [5, 5.41) is 33.6. The molecule has 0 atom stereocenters. The minimum Gasteiger partial charge on any atom is -0.754 e. The van der Waals surface area contributed by atoms with E-state index in [-0.39, 0.29) is 9.82 Å². The molecule has 0 amide bonds. The molecule has 2 aliphatic rings. The van der Waals surface area contributed by atoms with E-state index in [0.29, 0.717) is 0 Å². The summed E-state index contributed by atoms with van der Waals surface area (Å²) in [5.74, 6) is 0. The fourth-order valence-corrected chi connectivity index (χ4v) is 1.70. The Kier molecular flexibility index (Phi) is 3.23. The lowest BCUT2D eigenvalue weighted by Crippen LogP contribution is -2.25. The number of allylic oxidation sites excluding steroid dienone is 4. The number of hydrogen-bond acceptors (Lipinski definition) is 7. The van der Waals surface area contributed by atoms with Gasteiger partial charge in [0, 0.05) is 23.1 Å². The maximum absolute atomic E-state index is 11.7. The normalized spacial score (nSPS) is 21.6. The first-order valence-corrected chi connectivity index (χ1v) is 5.17. The van der Waals surface area contributed by atoms with Crippen LogP contribution in [0.25, 0.3) is 0 Å². The SMILES string of the molecule is O=[N+]([O-])C1=CC=CN([O-])C1=C1C([N+](=O)[O-])=CC=C[N+]1=O. The molecular formula is C10H6N4O6. The third-order valence-electron chi connectivity index (χ3n) is 2.49. The predicted molar refractivity (Wildman–Crippen MR) is 64.3 cm³/mol. The first-order valence-electron chi connectivity index (χ1n) is 5.17. The largest absolute Gasteiger partial charge is 0.754 e. The summed E-state index contributed by atoms with van der Waals surface area (Å²) in [6.07, 6.45) is 6.02. The Bertz CT molecular complexity index is 669. The highest BCUT2D eigenvalue weighted by atomic mass is 16.6. The minimum atomic E-state index is -0.888. The number of rotatable bonds is 2. The van der Waals surface area contributed by atoms with Crippen LogP contribution in [0.15, 0.2) is 59.5 Å². The average molecular weight is 278 g/mol. The van der Waals surface area contributed by atoms with Crippen LogP contribution in [0, 0.1) is 30.3 Å². The van der Waals surface area contributed by atoms with Crippen LogP contribution < -0.4 is 0 Å². The topological polar surface area (TPSA) is 133 Å². The van der Waals surface area contributed by atoms with Gasteiger partial charge in [0.2, 0.25) is 6.20 Å². The molecule has 0 spiro atoms. The van der Waals surface area contributed by atoms with Gasteiger partial charge in [-0.25, -0.2) is 0 Å². The summed E-state index contributed by atoms with van der Waals surface area (Å²) < 4.78 is 0.0505. The zero-order chi connectivity index (χ0) is 14.9. The van der Waals surface area contributed by atoms with Crippen LogP contribution in [-0.2, 0) is 0 Å². The first kappa shape index (κ1) is 13.3. The molecule has 0 fully saturated rings. The Hall–Kier alpha value is -3.14. The first-order chi connectivity index (χ1) is 9.43. The summed E-state index contributed by atoms with van der Waals surface area (Å²) >= 11 is 0. The second-order valence-electron chi connectivity index (χ2n) is 3.65. The Labute approximate surface area is 110 Å². The maximum atomic E-state index is 11.7. The van der Waals surface area contributed by atoms with Crippen LogP contribution in [-0.4, -0.2) is 19.7 Å². The van der Waals surface area contributed by atoms with Gasteiger partial charge in [-0.1, -0.05) is 0 Å². The van der Waals surface area contributed by atoms with E-state index in [1.165, 1.54) is 0 Å². The molecule has 0 aromatic rings. The average Bonchev–Trinajstić information content (AvgIpc) is 2.38. The molecule has 2 heterocycles. The lowest BCUT2D eigenvalue weighted by molar-refractivity contribution is -0.485. The van der Waals surface area contributed by atoms with Crippen molar-refractivity contribution in [3.05, 3.63) is 89.8 Å². The van der Waals surface area contributed by atoms with Crippen LogP contribution in [0.5, 0.6) is 0 Å². The van der Waals surface area contributed by atoms with Crippen LogP contribution in [0.1, 0.15) is 0 Å². The zero-order valence-corrected chi connectivity index (χ0v) is 9.70. The Morgan fingerprint density at radius 1 is 1.05 bits per heavy atom. The third kappa shape index (κ3) is 2.10. The molecular weight excluding hydrogens is 272 g/mol. The van der Waals surface area contributed by atoms with Gasteiger partial charge in [-0.05, 0) is 12.3 Å². The molecule has 20 heavy (non-hydrogen) atoms. The van der Waals surface area contributed by atoms with Crippen LogP contribution in [0.2, 0.25) is 0 Å². The van der Waals surface area contributed by atoms with Crippen molar-refractivity contribution in [3.63, 3.8) is 0 Å². The molecule has 0 radical (unpaired) electrons. The quantitative estimate of drug-likeness (QED) is 0.420. The van der Waals surface area contributed by atoms with E-state index >= 15 is 0 Å². The smallest absolute Gasteiger partial charge is 0.369 e. The van der Waals surface area contributed by atoms with Crippen molar-refractivity contribution in [1.29, 1.82) is 0 Å². The van der Waals surface area contributed by atoms with E-state index in [2.05, 4.69) is 0 Å². The van der Waals surface area contributed by atoms with Crippen molar-refractivity contribution < 1.29 is 14.6 Å². The summed E-state index contributed by atoms with van der Waals surface area (Å²) in [5.41, 5.74) is -2.75. The van der Waals surface area contributed by atoms with Crippen molar-refractivity contribution in [2.75, 3.05) is 0 Å². The molecule has 0 aromatic carbocycles. The molecule has 0 N–H and O–H groups in total. The van der Waals surface area contributed by atoms with Crippen LogP contribution in [0.3, 0.4) is 0 Å². The fraction of sp³-hybridized carbons (Fsp3) is 0. The monoisotopic (exact) mass is 278 g/mol. The van der Waals surface area contributed by atoms with Gasteiger partial charge in [0.05, 0.1) is 14.6 Å². The molecule has 0 aliphatic carbocycles. The standard InChI is InChI=1S/C10H6N4O6/c15-11-5-1-3-7(13(17)18)9(11)10-8(14(19)20)4-2-6-12(10)16/h1-6H. The fourth-order valence-electron chi connectivity index (χ4n) is 1.70. The lowest BCUT2D eigenvalue weighted by Gasteiger charge is -2.28. The summed E-state index contributed by atoms with van der Waals surface area (Å²) in [6, 6.07) is 0. The van der Waals surface area contributed by atoms with Crippen LogP contribution in [0.4, 0.5) is 0 Å². The second-order valence-corrected chi connectivity index (χ2v) is 3.65. The Morgan fingerprint density at radius 3 is 2.25 bits per heavy atom. The highest BCUT2D eigenvalue weighted by Crippen LogP contribution is 2.29. The van der Waals surface area contributed by atoms with Gasteiger partial charge in [-0.2, -0.15) is 0 Å². The second kappa shape index (κ2) is 4.85. The molecule has 102 valence electrons. The van der Waals surface area contributed by atoms with Crippen molar-refractivity contribution >= 4 is 0 Å². The number of nitrogens with zero attached hydrogens (tertiary/aromatic N) is 4. The lowest BCUT2D eigenvalue weighted by atomic mass is 10.1. The number of hydroxylamine groups is 2.